The van der Waals surface area contributed by atoms with E-state index in [2.05, 4.69) is 26.2 Å². The molecule has 2 aliphatic rings. The highest BCUT2D eigenvalue weighted by molar-refractivity contribution is 7.15. The van der Waals surface area contributed by atoms with E-state index in [1.807, 2.05) is 13.0 Å². The van der Waals surface area contributed by atoms with Crippen LogP contribution in [0.25, 0.3) is 0 Å². The Morgan fingerprint density at radius 3 is 2.71 bits per heavy atom. The van der Waals surface area contributed by atoms with E-state index in [1.165, 1.54) is 53.9 Å². The van der Waals surface area contributed by atoms with Crippen LogP contribution in [0.4, 0.5) is 5.13 Å². The normalized spacial score (nSPS) is 22.0. The first-order chi connectivity index (χ1) is 10.7. The lowest BCUT2D eigenvalue weighted by molar-refractivity contribution is 0.103. The number of nitrogens with one attached hydrogen (secondary N) is 2. The van der Waals surface area contributed by atoms with E-state index in [-0.39, 0.29) is 30.7 Å². The minimum Gasteiger partial charge on any atom is -0.311 e. The maximum Gasteiger partial charge on any atom is 0.267 e. The molecule has 0 aliphatic heterocycles. The van der Waals surface area contributed by atoms with Gasteiger partial charge in [0.15, 0.2) is 0 Å². The summed E-state index contributed by atoms with van der Waals surface area (Å²) in [5.74, 6) is 0.499. The van der Waals surface area contributed by atoms with Gasteiger partial charge in [-0.2, -0.15) is 0 Å². The Labute approximate surface area is 161 Å². The van der Waals surface area contributed by atoms with Crippen molar-refractivity contribution in [3.05, 3.63) is 26.9 Å². The van der Waals surface area contributed by atoms with Crippen molar-refractivity contribution in [1.29, 1.82) is 0 Å². The molecule has 0 radical (unpaired) electrons. The van der Waals surface area contributed by atoms with E-state index in [9.17, 15) is 4.79 Å². The Morgan fingerprint density at radius 2 is 2.08 bits per heavy atom. The highest BCUT2D eigenvalue weighted by Crippen LogP contribution is 2.43. The van der Waals surface area contributed by atoms with Gasteiger partial charge >= 0.3 is 0 Å². The monoisotopic (exact) mass is 406 g/mol. The third kappa shape index (κ3) is 4.26. The third-order valence-electron chi connectivity index (χ3n) is 4.36. The number of halogens is 2. The van der Waals surface area contributed by atoms with Gasteiger partial charge in [0.05, 0.1) is 4.88 Å². The molecule has 2 fully saturated rings. The summed E-state index contributed by atoms with van der Waals surface area (Å²) in [6.07, 6.45) is 5.20. The van der Waals surface area contributed by atoms with E-state index in [1.54, 1.807) is 0 Å². The molecule has 2 heterocycles. The van der Waals surface area contributed by atoms with Gasteiger partial charge in [0, 0.05) is 18.0 Å². The second-order valence-electron chi connectivity index (χ2n) is 6.07. The average Bonchev–Trinajstić information content (AvgIpc) is 2.84. The molecule has 0 spiro atoms. The molecule has 0 bridgehead atoms. The summed E-state index contributed by atoms with van der Waals surface area (Å²) in [5.41, 5.74) is 1.29. The van der Waals surface area contributed by atoms with Crippen molar-refractivity contribution in [2.45, 2.75) is 50.6 Å². The number of hydrogen-bond acceptors (Lipinski definition) is 6. The van der Waals surface area contributed by atoms with Gasteiger partial charge in [0.2, 0.25) is 5.13 Å². The minimum absolute atomic E-state index is 0. The van der Waals surface area contributed by atoms with Crippen LogP contribution in [0.2, 0.25) is 0 Å². The predicted molar refractivity (Wildman–Crippen MR) is 103 cm³/mol. The van der Waals surface area contributed by atoms with Gasteiger partial charge in [-0.1, -0.05) is 17.8 Å². The quantitative estimate of drug-likeness (QED) is 0.786. The van der Waals surface area contributed by atoms with Crippen LogP contribution in [0.5, 0.6) is 0 Å². The number of rotatable bonds is 5. The van der Waals surface area contributed by atoms with E-state index in [4.69, 9.17) is 0 Å². The number of carbonyl (C=O) groups excluding carboxylic acids is 1. The summed E-state index contributed by atoms with van der Waals surface area (Å²) in [7, 11) is 0. The minimum atomic E-state index is -0.0865. The van der Waals surface area contributed by atoms with Crippen LogP contribution in [0.15, 0.2) is 11.4 Å². The van der Waals surface area contributed by atoms with E-state index >= 15 is 0 Å². The molecule has 132 valence electrons. The number of amides is 1. The summed E-state index contributed by atoms with van der Waals surface area (Å²) in [6, 6.07) is 3.37. The predicted octanol–water partition coefficient (Wildman–Crippen LogP) is 4.00. The lowest BCUT2D eigenvalue weighted by Crippen LogP contribution is -2.37. The first kappa shape index (κ1) is 19.6. The van der Waals surface area contributed by atoms with Gasteiger partial charge in [0.1, 0.15) is 5.01 Å². The molecule has 24 heavy (non-hydrogen) atoms. The highest BCUT2D eigenvalue weighted by atomic mass is 35.5. The molecule has 2 aromatic rings. The fourth-order valence-corrected chi connectivity index (χ4v) is 4.25. The van der Waals surface area contributed by atoms with Crippen LogP contribution in [-0.4, -0.2) is 28.2 Å². The number of anilines is 1. The molecule has 0 aromatic carbocycles. The SMILES string of the molecule is Cc1nnc(NC(=O)c2cc([C@H]3C[C@@H]3NC3CCC3)cs2)s1.Cl.Cl. The number of carbonyl (C=O) groups is 1. The summed E-state index contributed by atoms with van der Waals surface area (Å²) in [5, 5.41) is 17.9. The van der Waals surface area contributed by atoms with Gasteiger partial charge < -0.3 is 5.32 Å². The Balaban J connectivity index is 0.00000104. The number of nitrogens with zero attached hydrogens (tertiary/aromatic N) is 2. The molecule has 0 saturated heterocycles. The Bertz CT molecular complexity index is 701. The van der Waals surface area contributed by atoms with Crippen molar-refractivity contribution < 1.29 is 4.79 Å². The molecule has 1 amide bonds. The van der Waals surface area contributed by atoms with Crippen molar-refractivity contribution in [2.24, 2.45) is 0 Å². The molecule has 9 heteroatoms. The molecule has 2 atom stereocenters. The van der Waals surface area contributed by atoms with Crippen LogP contribution in [0.3, 0.4) is 0 Å². The Kier molecular flexibility index (Phi) is 6.61. The summed E-state index contributed by atoms with van der Waals surface area (Å²) < 4.78 is 0. The van der Waals surface area contributed by atoms with Crippen LogP contribution >= 0.6 is 47.5 Å². The van der Waals surface area contributed by atoms with Crippen molar-refractivity contribution in [3.8, 4) is 0 Å². The van der Waals surface area contributed by atoms with E-state index in [0.717, 1.165) is 15.9 Å². The number of hydrogen-bond donors (Lipinski definition) is 2. The van der Waals surface area contributed by atoms with E-state index in [0.29, 0.717) is 17.1 Å². The largest absolute Gasteiger partial charge is 0.311 e. The van der Waals surface area contributed by atoms with Gasteiger partial charge in [-0.3, -0.25) is 10.1 Å². The van der Waals surface area contributed by atoms with E-state index < -0.39 is 0 Å². The topological polar surface area (TPSA) is 66.9 Å². The van der Waals surface area contributed by atoms with Gasteiger partial charge in [-0.15, -0.1) is 46.3 Å². The standard InChI is InChI=1S/C15H18N4OS2.2ClH/c1-8-18-19-15(22-8)17-14(20)13-5-9(7-21-13)11-6-12(11)16-10-3-2-4-10;;/h5,7,10-12,16H,2-4,6H2,1H3,(H,17,19,20);2*1H/t11-,12+;;/m1../s1. The number of thiophene rings is 1. The fourth-order valence-electron chi connectivity index (χ4n) is 2.80. The van der Waals surface area contributed by atoms with Crippen LogP contribution in [0.1, 0.15) is 51.8 Å². The second-order valence-corrected chi connectivity index (χ2v) is 8.16. The zero-order valence-electron chi connectivity index (χ0n) is 13.2. The highest BCUT2D eigenvalue weighted by Gasteiger charge is 2.40. The van der Waals surface area contributed by atoms with Crippen LogP contribution in [0, 0.1) is 6.92 Å². The van der Waals surface area contributed by atoms with Crippen molar-refractivity contribution in [1.82, 2.24) is 15.5 Å². The molecular weight excluding hydrogens is 387 g/mol. The summed E-state index contributed by atoms with van der Waals surface area (Å²) >= 11 is 2.90. The third-order valence-corrected chi connectivity index (χ3v) is 6.06. The summed E-state index contributed by atoms with van der Waals surface area (Å²) in [4.78, 5) is 13.0. The van der Waals surface area contributed by atoms with Crippen molar-refractivity contribution in [3.63, 3.8) is 0 Å². The number of aryl methyl sites for hydroxylation is 1. The zero-order valence-corrected chi connectivity index (χ0v) is 16.4. The molecule has 2 N–H and O–H groups in total. The molecule has 0 unspecified atom stereocenters. The van der Waals surface area contributed by atoms with Crippen molar-refractivity contribution in [2.75, 3.05) is 5.32 Å². The maximum atomic E-state index is 12.2. The van der Waals surface area contributed by atoms with Gasteiger partial charge in [0.25, 0.3) is 5.91 Å². The first-order valence-electron chi connectivity index (χ1n) is 7.65. The second kappa shape index (κ2) is 8.10. The smallest absolute Gasteiger partial charge is 0.267 e. The summed E-state index contributed by atoms with van der Waals surface area (Å²) in [6.45, 7) is 1.87. The Morgan fingerprint density at radius 1 is 1.29 bits per heavy atom. The maximum absolute atomic E-state index is 12.2. The fraction of sp³-hybridized carbons (Fsp3) is 0.533. The van der Waals surface area contributed by atoms with Crippen molar-refractivity contribution >= 4 is 58.5 Å². The average molecular weight is 407 g/mol. The van der Waals surface area contributed by atoms with Crippen LogP contribution < -0.4 is 10.6 Å². The zero-order chi connectivity index (χ0) is 15.1. The molecular formula is C15H20Cl2N4OS2. The van der Waals surface area contributed by atoms with Gasteiger partial charge in [-0.05, 0) is 43.2 Å². The lowest BCUT2D eigenvalue weighted by atomic mass is 9.93. The van der Waals surface area contributed by atoms with Crippen LogP contribution in [-0.2, 0) is 0 Å². The number of aromatic nitrogens is 2. The molecule has 2 aliphatic carbocycles. The first-order valence-corrected chi connectivity index (χ1v) is 9.34. The molecule has 2 aromatic heterocycles. The lowest BCUT2D eigenvalue weighted by Gasteiger charge is -2.26. The Hall–Kier alpha value is -0.730. The van der Waals surface area contributed by atoms with Gasteiger partial charge in [-0.25, -0.2) is 0 Å². The molecule has 5 nitrogen and oxygen atoms in total. The molecule has 4 rings (SSSR count). The molecule has 2 saturated carbocycles.